The molecule has 0 saturated heterocycles. The largest absolute Gasteiger partial charge is 0.545 e. The standard InChI is InChI=1S/C18H17N3O3S/c1-10-2-7-13-14(8-10)25-16-15(13)17(22)21(20-19-16)9-11-3-5-12(6-4-11)18(23)24/h3-6,10H,2,7-9H2,1H3,(H,23,24)/p-1. The predicted molar refractivity (Wildman–Crippen MR) is 92.7 cm³/mol. The number of aryl methyl sites for hydroxylation is 1. The van der Waals surface area contributed by atoms with Crippen LogP contribution < -0.4 is 10.7 Å². The molecule has 1 aliphatic rings. The fourth-order valence-corrected chi connectivity index (χ4v) is 4.63. The van der Waals surface area contributed by atoms with Gasteiger partial charge in [-0.2, -0.15) is 0 Å². The number of carbonyl (C=O) groups excluding carboxylic acids is 1. The first-order chi connectivity index (χ1) is 12.0. The summed E-state index contributed by atoms with van der Waals surface area (Å²) in [5, 5.41) is 19.8. The number of carbonyl (C=O) groups is 1. The molecule has 0 saturated carbocycles. The number of aromatic carboxylic acids is 1. The van der Waals surface area contributed by atoms with Crippen LogP contribution in [0.2, 0.25) is 0 Å². The molecule has 3 aromatic rings. The number of rotatable bonds is 3. The van der Waals surface area contributed by atoms with Crippen molar-refractivity contribution in [2.75, 3.05) is 0 Å². The molecule has 2 heterocycles. The third kappa shape index (κ3) is 2.84. The first-order valence-corrected chi connectivity index (χ1v) is 9.03. The normalized spacial score (nSPS) is 16.8. The molecule has 1 aliphatic carbocycles. The Morgan fingerprint density at radius 1 is 1.36 bits per heavy atom. The maximum absolute atomic E-state index is 12.9. The number of carboxylic acids is 1. The van der Waals surface area contributed by atoms with Crippen LogP contribution in [-0.2, 0) is 19.4 Å². The minimum Gasteiger partial charge on any atom is -0.545 e. The van der Waals surface area contributed by atoms with Gasteiger partial charge in [-0.3, -0.25) is 4.79 Å². The molecule has 1 atom stereocenters. The topological polar surface area (TPSA) is 87.9 Å². The summed E-state index contributed by atoms with van der Waals surface area (Å²) in [6.07, 6.45) is 3.00. The van der Waals surface area contributed by atoms with Crippen LogP contribution in [-0.4, -0.2) is 21.0 Å². The summed E-state index contributed by atoms with van der Waals surface area (Å²) in [7, 11) is 0. The molecule has 0 N–H and O–H groups in total. The molecule has 2 aromatic heterocycles. The molecule has 0 fully saturated rings. The van der Waals surface area contributed by atoms with Crippen molar-refractivity contribution < 1.29 is 9.90 Å². The zero-order chi connectivity index (χ0) is 17.6. The van der Waals surface area contributed by atoms with E-state index in [1.807, 2.05) is 0 Å². The minimum absolute atomic E-state index is 0.110. The van der Waals surface area contributed by atoms with E-state index in [2.05, 4.69) is 17.2 Å². The molecule has 1 unspecified atom stereocenters. The van der Waals surface area contributed by atoms with Gasteiger partial charge in [-0.05, 0) is 41.9 Å². The van der Waals surface area contributed by atoms with Crippen LogP contribution in [0, 0.1) is 5.92 Å². The van der Waals surface area contributed by atoms with E-state index < -0.39 is 5.97 Å². The lowest BCUT2D eigenvalue weighted by molar-refractivity contribution is -0.255. The zero-order valence-electron chi connectivity index (χ0n) is 13.7. The van der Waals surface area contributed by atoms with Crippen molar-refractivity contribution in [3.63, 3.8) is 0 Å². The number of fused-ring (bicyclic) bond motifs is 3. The van der Waals surface area contributed by atoms with Crippen LogP contribution in [0.5, 0.6) is 0 Å². The van der Waals surface area contributed by atoms with E-state index in [-0.39, 0.29) is 17.7 Å². The lowest BCUT2D eigenvalue weighted by atomic mass is 9.89. The Labute approximate surface area is 147 Å². The predicted octanol–water partition coefficient (Wildman–Crippen LogP) is 1.39. The van der Waals surface area contributed by atoms with E-state index in [0.29, 0.717) is 16.1 Å². The van der Waals surface area contributed by atoms with E-state index in [0.717, 1.165) is 30.4 Å². The molecule has 6 nitrogen and oxygen atoms in total. The Hall–Kier alpha value is -2.54. The highest BCUT2D eigenvalue weighted by Gasteiger charge is 2.23. The minimum atomic E-state index is -1.22. The van der Waals surface area contributed by atoms with Crippen LogP contribution in [0.1, 0.15) is 39.7 Å². The molecule has 7 heteroatoms. The van der Waals surface area contributed by atoms with Crippen molar-refractivity contribution in [1.82, 2.24) is 15.0 Å². The number of benzene rings is 1. The second kappa shape index (κ2) is 6.07. The zero-order valence-corrected chi connectivity index (χ0v) is 14.5. The van der Waals surface area contributed by atoms with Gasteiger partial charge in [-0.1, -0.05) is 36.4 Å². The van der Waals surface area contributed by atoms with Crippen molar-refractivity contribution in [2.24, 2.45) is 5.92 Å². The fourth-order valence-electron chi connectivity index (χ4n) is 3.31. The van der Waals surface area contributed by atoms with Crippen molar-refractivity contribution in [3.8, 4) is 0 Å². The summed E-state index contributed by atoms with van der Waals surface area (Å²) in [5.41, 5.74) is 1.91. The number of hydrogen-bond acceptors (Lipinski definition) is 6. The molecular weight excluding hydrogens is 338 g/mol. The Morgan fingerprint density at radius 2 is 2.12 bits per heavy atom. The Bertz CT molecular complexity index is 1020. The molecule has 0 amide bonds. The van der Waals surface area contributed by atoms with Gasteiger partial charge in [-0.25, -0.2) is 4.68 Å². The average Bonchev–Trinajstić information content (AvgIpc) is 2.96. The van der Waals surface area contributed by atoms with Crippen molar-refractivity contribution in [3.05, 3.63) is 56.2 Å². The molecule has 0 bridgehead atoms. The highest BCUT2D eigenvalue weighted by molar-refractivity contribution is 7.18. The molecule has 0 radical (unpaired) electrons. The van der Waals surface area contributed by atoms with E-state index in [1.165, 1.54) is 21.7 Å². The van der Waals surface area contributed by atoms with Crippen molar-refractivity contribution in [2.45, 2.75) is 32.7 Å². The van der Waals surface area contributed by atoms with Gasteiger partial charge in [0.05, 0.1) is 17.9 Å². The third-order valence-electron chi connectivity index (χ3n) is 4.71. The number of hydrogen-bond donors (Lipinski definition) is 0. The van der Waals surface area contributed by atoms with Gasteiger partial charge in [0, 0.05) is 4.88 Å². The Balaban J connectivity index is 1.72. The second-order valence-corrected chi connectivity index (χ2v) is 7.65. The molecule has 1 aromatic carbocycles. The van der Waals surface area contributed by atoms with E-state index in [1.54, 1.807) is 23.5 Å². The van der Waals surface area contributed by atoms with Crippen LogP contribution in [0.15, 0.2) is 29.1 Å². The van der Waals surface area contributed by atoms with E-state index in [4.69, 9.17) is 0 Å². The molecule has 4 rings (SSSR count). The maximum Gasteiger partial charge on any atom is 0.279 e. The molecule has 0 spiro atoms. The van der Waals surface area contributed by atoms with Crippen molar-refractivity contribution >= 4 is 27.5 Å². The molecule has 0 aliphatic heterocycles. The van der Waals surface area contributed by atoms with E-state index in [9.17, 15) is 14.7 Å². The summed E-state index contributed by atoms with van der Waals surface area (Å²) >= 11 is 1.58. The van der Waals surface area contributed by atoms with Gasteiger partial charge < -0.3 is 9.90 Å². The molecular formula is C18H16N3O3S-. The number of carboxylic acid groups (broad SMARTS) is 1. The van der Waals surface area contributed by atoms with Crippen LogP contribution >= 0.6 is 11.3 Å². The van der Waals surface area contributed by atoms with Gasteiger partial charge >= 0.3 is 0 Å². The fraction of sp³-hybridized carbons (Fsp3) is 0.333. The first-order valence-electron chi connectivity index (χ1n) is 8.21. The number of aromatic nitrogens is 3. The Kier molecular flexibility index (Phi) is 3.88. The van der Waals surface area contributed by atoms with Gasteiger partial charge in [0.25, 0.3) is 5.56 Å². The highest BCUT2D eigenvalue weighted by Crippen LogP contribution is 2.35. The maximum atomic E-state index is 12.9. The third-order valence-corrected chi connectivity index (χ3v) is 5.85. The highest BCUT2D eigenvalue weighted by atomic mass is 32.1. The molecule has 128 valence electrons. The van der Waals surface area contributed by atoms with Crippen molar-refractivity contribution in [1.29, 1.82) is 0 Å². The SMILES string of the molecule is CC1CCc2c(sc3nnn(Cc4ccc(C(=O)[O-])cc4)c(=O)c23)C1. The quantitative estimate of drug-likeness (QED) is 0.709. The summed E-state index contributed by atoms with van der Waals surface area (Å²) in [6.45, 7) is 2.49. The van der Waals surface area contributed by atoms with E-state index >= 15 is 0 Å². The van der Waals surface area contributed by atoms with Gasteiger partial charge in [-0.15, -0.1) is 16.4 Å². The first kappa shape index (κ1) is 16.0. The Morgan fingerprint density at radius 3 is 2.84 bits per heavy atom. The average molecular weight is 354 g/mol. The van der Waals surface area contributed by atoms with Gasteiger partial charge in [0.15, 0.2) is 4.83 Å². The second-order valence-electron chi connectivity index (χ2n) is 6.57. The van der Waals surface area contributed by atoms with Crippen LogP contribution in [0.4, 0.5) is 0 Å². The van der Waals surface area contributed by atoms with Gasteiger partial charge in [0.2, 0.25) is 0 Å². The lowest BCUT2D eigenvalue weighted by Crippen LogP contribution is -2.25. The number of nitrogens with zero attached hydrogens (tertiary/aromatic N) is 3. The summed E-state index contributed by atoms with van der Waals surface area (Å²) in [5.74, 6) is -0.581. The summed E-state index contributed by atoms with van der Waals surface area (Å²) < 4.78 is 1.35. The smallest absolute Gasteiger partial charge is 0.279 e. The monoisotopic (exact) mass is 354 g/mol. The van der Waals surface area contributed by atoms with Gasteiger partial charge in [0.1, 0.15) is 0 Å². The molecule has 25 heavy (non-hydrogen) atoms. The van der Waals surface area contributed by atoms with Crippen LogP contribution in [0.3, 0.4) is 0 Å². The lowest BCUT2D eigenvalue weighted by Gasteiger charge is -2.17. The number of thiophene rings is 1. The van der Waals surface area contributed by atoms with Crippen LogP contribution in [0.25, 0.3) is 10.2 Å². The summed E-state index contributed by atoms with van der Waals surface area (Å²) in [6, 6.07) is 6.26. The summed E-state index contributed by atoms with van der Waals surface area (Å²) in [4.78, 5) is 25.7.